The molecule has 1 aliphatic heterocycles. The van der Waals surface area contributed by atoms with Crippen LogP contribution in [0.2, 0.25) is 0 Å². The van der Waals surface area contributed by atoms with Crippen molar-refractivity contribution in [1.82, 2.24) is 14.9 Å². The zero-order valence-electron chi connectivity index (χ0n) is 17.5. The third-order valence-corrected chi connectivity index (χ3v) is 5.49. The number of nitrogens with one attached hydrogen (secondary N) is 1. The van der Waals surface area contributed by atoms with Crippen LogP contribution < -0.4 is 15.7 Å². The Morgan fingerprint density at radius 2 is 2.10 bits per heavy atom. The molecule has 9 heteroatoms. The molecule has 0 atom stereocenters. The van der Waals surface area contributed by atoms with Crippen LogP contribution in [0.15, 0.2) is 44.8 Å². The Morgan fingerprint density at radius 3 is 2.71 bits per heavy atom. The lowest BCUT2D eigenvalue weighted by Gasteiger charge is -2.08. The number of carbonyl (C=O) groups is 2. The number of thioether (sulfide) groups is 1. The molecule has 160 valence electrons. The van der Waals surface area contributed by atoms with Crippen LogP contribution in [0, 0.1) is 0 Å². The molecule has 0 aliphatic carbocycles. The minimum atomic E-state index is -0.386. The fraction of sp³-hybridized carbons (Fsp3) is 0.273. The summed E-state index contributed by atoms with van der Waals surface area (Å²) in [5.41, 5.74) is 4.48. The normalized spacial score (nSPS) is 15.8. The average Bonchev–Trinajstić information content (AvgIpc) is 3.27. The van der Waals surface area contributed by atoms with Crippen molar-refractivity contribution >= 4 is 40.1 Å². The Morgan fingerprint density at radius 1 is 1.26 bits per heavy atom. The monoisotopic (exact) mass is 438 g/mol. The number of aryl methyl sites for hydroxylation is 1. The van der Waals surface area contributed by atoms with Gasteiger partial charge < -0.3 is 9.15 Å². The van der Waals surface area contributed by atoms with Crippen LogP contribution in [0.3, 0.4) is 0 Å². The average molecular weight is 439 g/mol. The van der Waals surface area contributed by atoms with E-state index in [0.29, 0.717) is 41.6 Å². The van der Waals surface area contributed by atoms with Gasteiger partial charge in [0.15, 0.2) is 11.3 Å². The van der Waals surface area contributed by atoms with Gasteiger partial charge in [0.2, 0.25) is 0 Å². The van der Waals surface area contributed by atoms with Gasteiger partial charge in [0.05, 0.1) is 22.7 Å². The van der Waals surface area contributed by atoms with E-state index < -0.39 is 0 Å². The molecule has 31 heavy (non-hydrogen) atoms. The molecule has 4 rings (SSSR count). The quantitative estimate of drug-likeness (QED) is 0.585. The van der Waals surface area contributed by atoms with Crippen LogP contribution >= 0.6 is 11.8 Å². The van der Waals surface area contributed by atoms with E-state index >= 15 is 0 Å². The van der Waals surface area contributed by atoms with Crippen molar-refractivity contribution in [3.63, 3.8) is 0 Å². The molecule has 0 radical (unpaired) electrons. The van der Waals surface area contributed by atoms with Crippen molar-refractivity contribution in [3.05, 3.63) is 46.6 Å². The van der Waals surface area contributed by atoms with Crippen molar-refractivity contribution in [1.29, 1.82) is 0 Å². The number of hydrogen-bond donors (Lipinski definition) is 1. The maximum absolute atomic E-state index is 11.7. The molecule has 3 heterocycles. The lowest BCUT2D eigenvalue weighted by Crippen LogP contribution is -2.17. The van der Waals surface area contributed by atoms with Crippen molar-refractivity contribution in [3.8, 4) is 17.0 Å². The lowest BCUT2D eigenvalue weighted by atomic mass is 10.1. The number of rotatable bonds is 6. The van der Waals surface area contributed by atoms with E-state index in [4.69, 9.17) is 9.15 Å². The number of fused-ring (bicyclic) bond motifs is 1. The topological polar surface area (TPSA) is 98.7 Å². The van der Waals surface area contributed by atoms with Crippen molar-refractivity contribution in [2.45, 2.75) is 27.3 Å². The number of aromatic nitrogens is 2. The molecule has 8 nitrogen and oxygen atoms in total. The van der Waals surface area contributed by atoms with Gasteiger partial charge >= 0.3 is 0 Å². The first-order valence-electron chi connectivity index (χ1n) is 10.1. The van der Waals surface area contributed by atoms with Gasteiger partial charge in [-0.3, -0.25) is 24.5 Å². The highest BCUT2D eigenvalue weighted by Gasteiger charge is 2.25. The van der Waals surface area contributed by atoms with Gasteiger partial charge in [0.1, 0.15) is 0 Å². The summed E-state index contributed by atoms with van der Waals surface area (Å²) in [7, 11) is 0. The van der Waals surface area contributed by atoms with Gasteiger partial charge in [0.25, 0.3) is 16.8 Å². The predicted molar refractivity (Wildman–Crippen MR) is 119 cm³/mol. The Bertz CT molecular complexity index is 1250. The molecule has 1 aromatic carbocycles. The van der Waals surface area contributed by atoms with E-state index in [9.17, 15) is 9.59 Å². The molecular weight excluding hydrogens is 416 g/mol. The Labute approximate surface area is 183 Å². The van der Waals surface area contributed by atoms with Crippen molar-refractivity contribution < 1.29 is 18.7 Å². The van der Waals surface area contributed by atoms with Crippen LogP contribution in [-0.2, 0) is 11.3 Å². The minimum Gasteiger partial charge on any atom is -0.490 e. The number of ether oxygens (including phenoxy) is 1. The maximum Gasteiger partial charge on any atom is 0.297 e. The number of benzene rings is 1. The summed E-state index contributed by atoms with van der Waals surface area (Å²) in [5.74, 6) is 0.253. The van der Waals surface area contributed by atoms with Crippen LogP contribution in [0.5, 0.6) is 5.75 Å². The highest BCUT2D eigenvalue weighted by molar-refractivity contribution is 8.18. The van der Waals surface area contributed by atoms with Gasteiger partial charge in [-0.2, -0.15) is 0 Å². The second-order valence-corrected chi connectivity index (χ2v) is 7.70. The van der Waals surface area contributed by atoms with Gasteiger partial charge in [0, 0.05) is 24.8 Å². The Kier molecular flexibility index (Phi) is 5.94. The molecule has 1 aliphatic rings. The molecule has 0 unspecified atom stereocenters. The summed E-state index contributed by atoms with van der Waals surface area (Å²) < 4.78 is 13.8. The smallest absolute Gasteiger partial charge is 0.297 e. The minimum absolute atomic E-state index is 0.356. The van der Waals surface area contributed by atoms with Gasteiger partial charge in [-0.1, -0.05) is 6.07 Å². The first-order valence-corrected chi connectivity index (χ1v) is 10.9. The molecule has 0 bridgehead atoms. The summed E-state index contributed by atoms with van der Waals surface area (Å²) in [5, 5.41) is 1.88. The number of imide groups is 1. The summed E-state index contributed by atoms with van der Waals surface area (Å²) in [6, 6.07) is 7.65. The van der Waals surface area contributed by atoms with Crippen LogP contribution in [0.25, 0.3) is 28.4 Å². The molecule has 0 spiro atoms. The number of oxazole rings is 1. The molecule has 2 amide bonds. The van der Waals surface area contributed by atoms with E-state index in [0.717, 1.165) is 34.1 Å². The van der Waals surface area contributed by atoms with E-state index in [1.54, 1.807) is 12.3 Å². The van der Waals surface area contributed by atoms with E-state index in [1.165, 1.54) is 0 Å². The highest BCUT2D eigenvalue weighted by Crippen LogP contribution is 2.32. The first-order chi connectivity index (χ1) is 15.0. The summed E-state index contributed by atoms with van der Waals surface area (Å²) in [4.78, 5) is 32.4. The molecule has 1 saturated heterocycles. The zero-order chi connectivity index (χ0) is 22.0. The van der Waals surface area contributed by atoms with E-state index in [-0.39, 0.29) is 11.1 Å². The number of nitrogens with zero attached hydrogens (tertiary/aromatic N) is 3. The summed E-state index contributed by atoms with van der Waals surface area (Å²) >= 11 is 0.883. The third kappa shape index (κ3) is 4.13. The van der Waals surface area contributed by atoms with Crippen LogP contribution in [-0.4, -0.2) is 33.8 Å². The fourth-order valence-corrected chi connectivity index (χ4v) is 4.03. The predicted octanol–water partition coefficient (Wildman–Crippen LogP) is 3.96. The highest BCUT2D eigenvalue weighted by atomic mass is 32.2. The van der Waals surface area contributed by atoms with E-state index in [2.05, 4.69) is 15.3 Å². The molecule has 1 N–H and O–H groups in total. The molecule has 0 saturated carbocycles. The molecule has 3 aromatic rings. The number of amides is 2. The van der Waals surface area contributed by atoms with Crippen molar-refractivity contribution in [2.75, 3.05) is 13.2 Å². The van der Waals surface area contributed by atoms with Gasteiger partial charge in [-0.05, 0) is 62.4 Å². The lowest BCUT2D eigenvalue weighted by molar-refractivity contribution is -0.115. The van der Waals surface area contributed by atoms with Crippen LogP contribution in [0.1, 0.15) is 26.3 Å². The molecular formula is C22H22N4O4S. The first kappa shape index (κ1) is 20.9. The SMILES string of the molecule is CCN=c1oc2c(OCC)cc(-c3ccc(/C=C4\SC(=O)NC4=O)cn3)cc2n1CC. The molecule has 1 fully saturated rings. The van der Waals surface area contributed by atoms with Crippen molar-refractivity contribution in [2.24, 2.45) is 4.99 Å². The number of carbonyl (C=O) groups excluding carboxylic acids is 2. The summed E-state index contributed by atoms with van der Waals surface area (Å²) in [6.45, 7) is 7.76. The van der Waals surface area contributed by atoms with Gasteiger partial charge in [-0.25, -0.2) is 4.99 Å². The number of pyridine rings is 1. The van der Waals surface area contributed by atoms with E-state index in [1.807, 2.05) is 49.6 Å². The number of hydrogen-bond acceptors (Lipinski definition) is 7. The summed E-state index contributed by atoms with van der Waals surface area (Å²) in [6.07, 6.45) is 3.32. The molecule has 2 aromatic heterocycles. The largest absolute Gasteiger partial charge is 0.490 e. The fourth-order valence-electron chi connectivity index (χ4n) is 3.34. The second kappa shape index (κ2) is 8.81. The Hall–Kier alpha value is -3.33. The van der Waals surface area contributed by atoms with Crippen LogP contribution in [0.4, 0.5) is 4.79 Å². The zero-order valence-corrected chi connectivity index (χ0v) is 18.3. The van der Waals surface area contributed by atoms with Gasteiger partial charge in [-0.15, -0.1) is 0 Å². The second-order valence-electron chi connectivity index (χ2n) is 6.69. The maximum atomic E-state index is 11.7. The third-order valence-electron chi connectivity index (χ3n) is 4.68. The standard InChI is InChI=1S/C22H22N4O4S/c1-4-23-21-26(5-2)16-10-14(11-17(29-6-3)19(16)30-21)15-8-7-13(12-24-15)9-18-20(27)25-22(28)31-18/h7-12H,4-6H2,1-3H3,(H,25,27,28)/b18-9-,23-21?. The Balaban J connectivity index is 1.77.